The molecular weight excluding hydrogens is 256 g/mol. The lowest BCUT2D eigenvalue weighted by atomic mass is 9.99. The van der Waals surface area contributed by atoms with Crippen LogP contribution < -0.4 is 5.73 Å². The van der Waals surface area contributed by atoms with Crippen LogP contribution in [-0.4, -0.2) is 17.3 Å². The fraction of sp³-hybridized carbons (Fsp3) is 0.267. The molecule has 0 fully saturated rings. The Balaban J connectivity index is 1.69. The minimum Gasteiger partial charge on any atom is -0.384 e. The zero-order valence-electron chi connectivity index (χ0n) is 10.6. The Labute approximate surface area is 117 Å². The number of nitrogen functional groups attached to an aromatic ring is 1. The summed E-state index contributed by atoms with van der Waals surface area (Å²) < 4.78 is 5.88. The molecular formula is C15H16N2OS. The van der Waals surface area contributed by atoms with Gasteiger partial charge in [-0.2, -0.15) is 0 Å². The number of nitrogens with two attached hydrogens (primary N) is 1. The number of hydrogen-bond donors (Lipinski definition) is 1. The summed E-state index contributed by atoms with van der Waals surface area (Å²) in [4.78, 5) is 5.23. The maximum atomic E-state index is 5.88. The Bertz CT molecular complexity index is 556. The summed E-state index contributed by atoms with van der Waals surface area (Å²) in [7, 11) is 0. The van der Waals surface area contributed by atoms with Gasteiger partial charge in [-0.1, -0.05) is 24.3 Å². The molecule has 2 heterocycles. The monoisotopic (exact) mass is 272 g/mol. The highest BCUT2D eigenvalue weighted by atomic mass is 32.2. The second-order valence-corrected chi connectivity index (χ2v) is 5.63. The van der Waals surface area contributed by atoms with Gasteiger partial charge in [0.25, 0.3) is 0 Å². The third-order valence-corrected chi connectivity index (χ3v) is 4.30. The third-order valence-electron chi connectivity index (χ3n) is 3.25. The van der Waals surface area contributed by atoms with Gasteiger partial charge in [-0.15, -0.1) is 11.8 Å². The van der Waals surface area contributed by atoms with E-state index in [4.69, 9.17) is 10.5 Å². The molecule has 2 N–H and O–H groups in total. The Kier molecular flexibility index (Phi) is 3.71. The highest BCUT2D eigenvalue weighted by Crippen LogP contribution is 2.32. The van der Waals surface area contributed by atoms with Crippen LogP contribution in [-0.2, 0) is 11.2 Å². The topological polar surface area (TPSA) is 48.1 Å². The second kappa shape index (κ2) is 5.63. The molecule has 3 rings (SSSR count). The highest BCUT2D eigenvalue weighted by molar-refractivity contribution is 7.99. The fourth-order valence-corrected chi connectivity index (χ4v) is 3.17. The van der Waals surface area contributed by atoms with Crippen molar-refractivity contribution in [2.75, 3.05) is 18.1 Å². The van der Waals surface area contributed by atoms with Crippen LogP contribution in [0.5, 0.6) is 0 Å². The zero-order valence-corrected chi connectivity index (χ0v) is 11.4. The summed E-state index contributed by atoms with van der Waals surface area (Å²) in [6, 6.07) is 12.4. The summed E-state index contributed by atoms with van der Waals surface area (Å²) in [5, 5.41) is 0. The number of pyridine rings is 1. The van der Waals surface area contributed by atoms with E-state index in [1.807, 2.05) is 18.3 Å². The van der Waals surface area contributed by atoms with Gasteiger partial charge in [0.05, 0.1) is 12.7 Å². The molecule has 1 unspecified atom stereocenters. The molecule has 1 aliphatic heterocycles. The average Bonchev–Trinajstić information content (AvgIpc) is 2.47. The van der Waals surface area contributed by atoms with Crippen LogP contribution in [0.1, 0.15) is 17.2 Å². The first-order valence-corrected chi connectivity index (χ1v) is 7.35. The number of anilines is 1. The molecule has 4 heteroatoms. The van der Waals surface area contributed by atoms with Gasteiger partial charge in [-0.05, 0) is 29.7 Å². The van der Waals surface area contributed by atoms with Gasteiger partial charge in [0.1, 0.15) is 5.82 Å². The van der Waals surface area contributed by atoms with Gasteiger partial charge >= 0.3 is 0 Å². The molecule has 1 atom stereocenters. The predicted octanol–water partition coefficient (Wildman–Crippen LogP) is 3.07. The lowest BCUT2D eigenvalue weighted by molar-refractivity contribution is 0.0588. The maximum Gasteiger partial charge on any atom is 0.123 e. The van der Waals surface area contributed by atoms with Crippen LogP contribution in [0.15, 0.2) is 47.5 Å². The zero-order chi connectivity index (χ0) is 13.1. The first-order chi connectivity index (χ1) is 9.33. The van der Waals surface area contributed by atoms with Crippen molar-refractivity contribution in [1.29, 1.82) is 0 Å². The summed E-state index contributed by atoms with van der Waals surface area (Å²) in [5.74, 6) is 1.46. The lowest BCUT2D eigenvalue weighted by Crippen LogP contribution is -2.17. The highest BCUT2D eigenvalue weighted by Gasteiger charge is 2.20. The summed E-state index contributed by atoms with van der Waals surface area (Å²) in [6.07, 6.45) is 3.00. The molecule has 0 spiro atoms. The standard InChI is InChI=1S/C15H16N2OS/c16-15-6-5-12(9-17-15)19-10-14-13-4-2-1-3-11(13)7-8-18-14/h1-6,9,14H,7-8,10H2,(H2,16,17). The number of rotatable bonds is 3. The first-order valence-electron chi connectivity index (χ1n) is 6.36. The van der Waals surface area contributed by atoms with Crippen LogP contribution in [0, 0.1) is 0 Å². The van der Waals surface area contributed by atoms with Gasteiger partial charge in [0, 0.05) is 16.8 Å². The molecule has 3 nitrogen and oxygen atoms in total. The number of ether oxygens (including phenoxy) is 1. The molecule has 1 aromatic heterocycles. The minimum atomic E-state index is 0.174. The molecule has 0 radical (unpaired) electrons. The van der Waals surface area contributed by atoms with Crippen molar-refractivity contribution in [3.8, 4) is 0 Å². The smallest absolute Gasteiger partial charge is 0.123 e. The van der Waals surface area contributed by atoms with E-state index in [1.54, 1.807) is 11.8 Å². The van der Waals surface area contributed by atoms with Gasteiger partial charge in [0.2, 0.25) is 0 Å². The van der Waals surface area contributed by atoms with Gasteiger partial charge in [-0.3, -0.25) is 0 Å². The number of hydrogen-bond acceptors (Lipinski definition) is 4. The Morgan fingerprint density at radius 2 is 2.16 bits per heavy atom. The van der Waals surface area contributed by atoms with Crippen molar-refractivity contribution in [2.45, 2.75) is 17.4 Å². The maximum absolute atomic E-state index is 5.88. The number of aromatic nitrogens is 1. The number of fused-ring (bicyclic) bond motifs is 1. The van der Waals surface area contributed by atoms with E-state index in [9.17, 15) is 0 Å². The van der Waals surface area contributed by atoms with Crippen LogP contribution >= 0.6 is 11.8 Å². The van der Waals surface area contributed by atoms with E-state index >= 15 is 0 Å². The van der Waals surface area contributed by atoms with Gasteiger partial charge in [-0.25, -0.2) is 4.98 Å². The number of benzene rings is 1. The molecule has 1 aliphatic rings. The van der Waals surface area contributed by atoms with E-state index in [0.717, 1.165) is 23.7 Å². The largest absolute Gasteiger partial charge is 0.384 e. The SMILES string of the molecule is Nc1ccc(SCC2OCCc3ccccc32)cn1. The molecule has 0 amide bonds. The first kappa shape index (κ1) is 12.5. The molecule has 0 bridgehead atoms. The van der Waals surface area contributed by atoms with Gasteiger partial charge in [0.15, 0.2) is 0 Å². The predicted molar refractivity (Wildman–Crippen MR) is 78.2 cm³/mol. The van der Waals surface area contributed by atoms with Crippen LogP contribution in [0.25, 0.3) is 0 Å². The summed E-state index contributed by atoms with van der Waals surface area (Å²) in [6.45, 7) is 0.808. The summed E-state index contributed by atoms with van der Waals surface area (Å²) >= 11 is 1.76. The van der Waals surface area contributed by atoms with E-state index in [0.29, 0.717) is 5.82 Å². The molecule has 19 heavy (non-hydrogen) atoms. The molecule has 2 aromatic rings. The van der Waals surface area contributed by atoms with Crippen molar-refractivity contribution >= 4 is 17.6 Å². The molecule has 0 aliphatic carbocycles. The summed E-state index contributed by atoms with van der Waals surface area (Å²) in [5.41, 5.74) is 8.32. The Morgan fingerprint density at radius 1 is 1.26 bits per heavy atom. The van der Waals surface area contributed by atoms with E-state index in [-0.39, 0.29) is 6.10 Å². The molecule has 0 saturated carbocycles. The van der Waals surface area contributed by atoms with Gasteiger partial charge < -0.3 is 10.5 Å². The van der Waals surface area contributed by atoms with Crippen molar-refractivity contribution in [3.05, 3.63) is 53.7 Å². The van der Waals surface area contributed by atoms with E-state index in [2.05, 4.69) is 29.2 Å². The quantitative estimate of drug-likeness (QED) is 0.872. The molecule has 0 saturated heterocycles. The van der Waals surface area contributed by atoms with Crippen LogP contribution in [0.2, 0.25) is 0 Å². The Hall–Kier alpha value is -1.52. The third kappa shape index (κ3) is 2.91. The van der Waals surface area contributed by atoms with E-state index in [1.165, 1.54) is 11.1 Å². The number of nitrogens with zero attached hydrogens (tertiary/aromatic N) is 1. The fourth-order valence-electron chi connectivity index (χ4n) is 2.26. The normalized spacial score (nSPS) is 18.0. The Morgan fingerprint density at radius 3 is 3.00 bits per heavy atom. The molecule has 1 aromatic carbocycles. The lowest BCUT2D eigenvalue weighted by Gasteiger charge is -2.25. The van der Waals surface area contributed by atoms with Crippen molar-refractivity contribution in [2.24, 2.45) is 0 Å². The van der Waals surface area contributed by atoms with Crippen LogP contribution in [0.4, 0.5) is 5.82 Å². The van der Waals surface area contributed by atoms with Crippen molar-refractivity contribution in [3.63, 3.8) is 0 Å². The second-order valence-electron chi connectivity index (χ2n) is 4.54. The van der Waals surface area contributed by atoms with Crippen LogP contribution in [0.3, 0.4) is 0 Å². The van der Waals surface area contributed by atoms with Crippen molar-refractivity contribution < 1.29 is 4.74 Å². The van der Waals surface area contributed by atoms with Crippen molar-refractivity contribution in [1.82, 2.24) is 4.98 Å². The number of thioether (sulfide) groups is 1. The minimum absolute atomic E-state index is 0.174. The molecule has 98 valence electrons. The average molecular weight is 272 g/mol. The van der Waals surface area contributed by atoms with E-state index < -0.39 is 0 Å².